The molecule has 41 heavy (non-hydrogen) atoms. The van der Waals surface area contributed by atoms with E-state index >= 15 is 0 Å². The molecule has 0 bridgehead atoms. The van der Waals surface area contributed by atoms with E-state index in [1.54, 1.807) is 6.92 Å². The number of amides is 2. The van der Waals surface area contributed by atoms with Crippen molar-refractivity contribution in [3.63, 3.8) is 0 Å². The van der Waals surface area contributed by atoms with Gasteiger partial charge in [0.2, 0.25) is 18.0 Å². The predicted octanol–water partition coefficient (Wildman–Crippen LogP) is 2.25. The van der Waals surface area contributed by atoms with E-state index in [-0.39, 0.29) is 37.0 Å². The third kappa shape index (κ3) is 7.36. The molecule has 2 N–H and O–H groups in total. The Hall–Kier alpha value is -4.53. The maximum atomic E-state index is 14.0. The van der Waals surface area contributed by atoms with Gasteiger partial charge in [0.05, 0.1) is 19.2 Å². The molecule has 0 radical (unpaired) electrons. The molecule has 3 heterocycles. The molecular weight excluding hydrogens is 552 g/mol. The number of nitrogens with one attached hydrogen (secondary N) is 1. The molecule has 2 aliphatic heterocycles. The van der Waals surface area contributed by atoms with E-state index in [1.807, 2.05) is 0 Å². The lowest BCUT2D eigenvalue weighted by Crippen LogP contribution is -2.49. The van der Waals surface area contributed by atoms with Gasteiger partial charge >= 0.3 is 12.1 Å². The number of pyridine rings is 1. The quantitative estimate of drug-likeness (QED) is 0.349. The zero-order valence-corrected chi connectivity index (χ0v) is 22.5. The number of carbonyl (C=O) groups excluding carboxylic acids is 3. The molecule has 4 rings (SSSR count). The molecule has 13 nitrogen and oxygen atoms in total. The minimum Gasteiger partial charge on any atom is -0.479 e. The molecule has 15 heteroatoms. The number of benzene rings is 1. The minimum absolute atomic E-state index is 0.0381. The number of hydrogen-bond donors (Lipinski definition) is 2. The van der Waals surface area contributed by atoms with Crippen molar-refractivity contribution in [3.8, 4) is 5.75 Å². The fourth-order valence-electron chi connectivity index (χ4n) is 3.99. The molecule has 2 aromatic rings. The first kappa shape index (κ1) is 31.0. The fourth-order valence-corrected chi connectivity index (χ4v) is 3.99. The number of carbonyl (C=O) groups is 4. The van der Waals surface area contributed by atoms with Crippen molar-refractivity contribution in [1.82, 2.24) is 14.8 Å². The number of nitrogens with zero attached hydrogens (tertiary/aromatic N) is 2. The standard InChI is InChI=1S/C23H21F2N3O10.C3H8/c1-11-8-35-16-7-27-6-14(21(32)26-5-12-2-3-13(24)4-15(12)25)19(31)20(18(27)22(33)28(11)16)37-10-38-23(34)36-9-17(29)30;1-3-2/h2-4,6,11,16H,5,7-10H2,1H3,(H,26,32)(H,29,30);3H2,1-2H3. The normalized spacial score (nSPS) is 17.0. The van der Waals surface area contributed by atoms with Gasteiger partial charge in [0.15, 0.2) is 18.5 Å². The molecule has 0 spiro atoms. The van der Waals surface area contributed by atoms with E-state index in [0.29, 0.717) is 6.07 Å². The van der Waals surface area contributed by atoms with Crippen LogP contribution < -0.4 is 15.5 Å². The SMILES string of the molecule is CC1COC2Cn3cc(C(=O)NCc4ccc(F)cc4F)c(=O)c(OCOC(=O)OCC(=O)O)c3C(=O)N12.CCC. The third-order valence-electron chi connectivity index (χ3n) is 5.74. The highest BCUT2D eigenvalue weighted by atomic mass is 19.1. The second kappa shape index (κ2) is 13.7. The number of rotatable bonds is 8. The summed E-state index contributed by atoms with van der Waals surface area (Å²) in [5.41, 5.74) is -1.78. The number of aromatic nitrogens is 1. The number of ether oxygens (including phenoxy) is 4. The van der Waals surface area contributed by atoms with Crippen molar-refractivity contribution < 1.29 is 52.0 Å². The summed E-state index contributed by atoms with van der Waals surface area (Å²) in [6.07, 6.45) is 0.293. The summed E-state index contributed by atoms with van der Waals surface area (Å²) in [5, 5.41) is 10.9. The van der Waals surface area contributed by atoms with Gasteiger partial charge in [-0.2, -0.15) is 0 Å². The summed E-state index contributed by atoms with van der Waals surface area (Å²) in [6, 6.07) is 2.46. The third-order valence-corrected chi connectivity index (χ3v) is 5.74. The topological polar surface area (TPSA) is 163 Å². The Morgan fingerprint density at radius 1 is 1.17 bits per heavy atom. The van der Waals surface area contributed by atoms with E-state index in [0.717, 1.165) is 18.3 Å². The highest BCUT2D eigenvalue weighted by Gasteiger charge is 2.43. The maximum absolute atomic E-state index is 14.0. The van der Waals surface area contributed by atoms with E-state index < -0.39 is 71.9 Å². The lowest BCUT2D eigenvalue weighted by molar-refractivity contribution is -0.141. The largest absolute Gasteiger partial charge is 0.511 e. The Morgan fingerprint density at radius 2 is 1.88 bits per heavy atom. The van der Waals surface area contributed by atoms with Crippen LogP contribution in [0.4, 0.5) is 13.6 Å². The second-order valence-corrected chi connectivity index (χ2v) is 9.02. The maximum Gasteiger partial charge on any atom is 0.511 e. The number of carboxylic acids is 1. The van der Waals surface area contributed by atoms with E-state index in [2.05, 4.69) is 28.6 Å². The molecule has 1 aromatic carbocycles. The first-order valence-corrected chi connectivity index (χ1v) is 12.6. The smallest absolute Gasteiger partial charge is 0.479 e. The van der Waals surface area contributed by atoms with Gasteiger partial charge in [-0.05, 0) is 13.0 Å². The summed E-state index contributed by atoms with van der Waals surface area (Å²) in [6.45, 7) is 3.96. The van der Waals surface area contributed by atoms with Crippen LogP contribution >= 0.6 is 0 Å². The molecular formula is C26H29F2N3O10. The Bertz CT molecular complexity index is 1380. The highest BCUT2D eigenvalue weighted by Crippen LogP contribution is 2.30. The average molecular weight is 582 g/mol. The Kier molecular flexibility index (Phi) is 10.4. The van der Waals surface area contributed by atoms with E-state index in [1.165, 1.54) is 15.9 Å². The predicted molar refractivity (Wildman–Crippen MR) is 135 cm³/mol. The van der Waals surface area contributed by atoms with Crippen molar-refractivity contribution in [2.24, 2.45) is 0 Å². The number of aliphatic carboxylic acids is 1. The molecule has 1 saturated heterocycles. The van der Waals surface area contributed by atoms with Gasteiger partial charge in [-0.25, -0.2) is 18.4 Å². The summed E-state index contributed by atoms with van der Waals surface area (Å²) < 4.78 is 48.2. The summed E-state index contributed by atoms with van der Waals surface area (Å²) in [4.78, 5) is 62.8. The van der Waals surface area contributed by atoms with E-state index in [4.69, 9.17) is 14.6 Å². The van der Waals surface area contributed by atoms with Crippen LogP contribution in [-0.2, 0) is 32.1 Å². The van der Waals surface area contributed by atoms with Crippen LogP contribution in [0.5, 0.6) is 5.75 Å². The summed E-state index contributed by atoms with van der Waals surface area (Å²) in [5.74, 6) is -5.33. The lowest BCUT2D eigenvalue weighted by Gasteiger charge is -2.34. The van der Waals surface area contributed by atoms with Gasteiger partial charge in [0.1, 0.15) is 17.2 Å². The molecule has 2 unspecified atom stereocenters. The van der Waals surface area contributed by atoms with Crippen molar-refractivity contribution >= 4 is 23.9 Å². The van der Waals surface area contributed by atoms with Gasteiger partial charge in [0, 0.05) is 24.4 Å². The van der Waals surface area contributed by atoms with Crippen molar-refractivity contribution in [2.45, 2.75) is 52.6 Å². The molecule has 1 fully saturated rings. The zero-order valence-electron chi connectivity index (χ0n) is 22.5. The zero-order chi connectivity index (χ0) is 30.3. The fraction of sp³-hybridized carbons (Fsp3) is 0.423. The number of hydrogen-bond acceptors (Lipinski definition) is 9. The van der Waals surface area contributed by atoms with Crippen LogP contribution in [0.2, 0.25) is 0 Å². The van der Waals surface area contributed by atoms with Gasteiger partial charge in [0.25, 0.3) is 11.8 Å². The summed E-state index contributed by atoms with van der Waals surface area (Å²) >= 11 is 0. The number of carboxylic acid groups (broad SMARTS) is 1. The van der Waals surface area contributed by atoms with Crippen LogP contribution in [-0.4, -0.2) is 70.8 Å². The van der Waals surface area contributed by atoms with Gasteiger partial charge in [-0.3, -0.25) is 14.4 Å². The van der Waals surface area contributed by atoms with Gasteiger partial charge in [-0.15, -0.1) is 0 Å². The van der Waals surface area contributed by atoms with Gasteiger partial charge in [-0.1, -0.05) is 26.3 Å². The summed E-state index contributed by atoms with van der Waals surface area (Å²) in [7, 11) is 0. The molecule has 2 amide bonds. The highest BCUT2D eigenvalue weighted by molar-refractivity contribution is 5.99. The Labute approximate surface area is 232 Å². The van der Waals surface area contributed by atoms with Crippen LogP contribution in [0.1, 0.15) is 53.6 Å². The first-order valence-electron chi connectivity index (χ1n) is 12.6. The molecule has 2 atom stereocenters. The molecule has 0 saturated carbocycles. The minimum atomic E-state index is -1.43. The van der Waals surface area contributed by atoms with E-state index in [9.17, 15) is 32.8 Å². The second-order valence-electron chi connectivity index (χ2n) is 9.02. The Morgan fingerprint density at radius 3 is 2.54 bits per heavy atom. The average Bonchev–Trinajstić information content (AvgIpc) is 3.29. The molecule has 0 aliphatic carbocycles. The van der Waals surface area contributed by atoms with Crippen LogP contribution in [0.15, 0.2) is 29.2 Å². The van der Waals surface area contributed by atoms with Crippen molar-refractivity contribution in [1.29, 1.82) is 0 Å². The van der Waals surface area contributed by atoms with Crippen LogP contribution in [0.25, 0.3) is 0 Å². The van der Waals surface area contributed by atoms with Crippen molar-refractivity contribution in [2.75, 3.05) is 20.0 Å². The molecule has 222 valence electrons. The molecule has 1 aromatic heterocycles. The lowest BCUT2D eigenvalue weighted by atomic mass is 10.1. The monoisotopic (exact) mass is 581 g/mol. The van der Waals surface area contributed by atoms with Crippen LogP contribution in [0.3, 0.4) is 0 Å². The van der Waals surface area contributed by atoms with Crippen molar-refractivity contribution in [3.05, 3.63) is 63.1 Å². The molecule has 2 aliphatic rings. The Balaban J connectivity index is 0.00000147. The van der Waals surface area contributed by atoms with Gasteiger partial charge < -0.3 is 38.8 Å². The van der Waals surface area contributed by atoms with Crippen LogP contribution in [0, 0.1) is 11.6 Å². The first-order chi connectivity index (χ1) is 19.5. The number of fused-ring (bicyclic) bond motifs is 2. The number of halogens is 2.